The number of aliphatic hydroxyl groups is 1. The van der Waals surface area contributed by atoms with Crippen LogP contribution in [0, 0.1) is 0 Å². The van der Waals surface area contributed by atoms with Gasteiger partial charge in [0.2, 0.25) is 0 Å². The fourth-order valence-electron chi connectivity index (χ4n) is 1.31. The predicted octanol–water partition coefficient (Wildman–Crippen LogP) is 0.593. The van der Waals surface area contributed by atoms with Crippen molar-refractivity contribution in [3.63, 3.8) is 0 Å². The van der Waals surface area contributed by atoms with Crippen LogP contribution in [0.15, 0.2) is 18.2 Å². The van der Waals surface area contributed by atoms with Crippen molar-refractivity contribution in [3.05, 3.63) is 23.8 Å². The van der Waals surface area contributed by atoms with E-state index in [1.54, 1.807) is 11.9 Å². The van der Waals surface area contributed by atoms with Crippen LogP contribution < -0.4 is 0 Å². The summed E-state index contributed by atoms with van der Waals surface area (Å²) in [4.78, 5) is 13.5. The Hall–Kier alpha value is -1.59. The summed E-state index contributed by atoms with van der Waals surface area (Å²) < 4.78 is 0. The van der Waals surface area contributed by atoms with Crippen LogP contribution in [0.3, 0.4) is 0 Å². The summed E-state index contributed by atoms with van der Waals surface area (Å²) in [7, 11) is 1.74. The molecule has 94 valence electrons. The third kappa shape index (κ3) is 3.44. The first-order valence-electron chi connectivity index (χ1n) is 5.32. The number of benzene rings is 1. The number of Topliss-reactive ketones (excluding diaryl/α,β-unsaturated/α-hetero) is 1. The van der Waals surface area contributed by atoms with Crippen LogP contribution in [0.5, 0.6) is 11.5 Å². The van der Waals surface area contributed by atoms with Gasteiger partial charge in [0.25, 0.3) is 0 Å². The van der Waals surface area contributed by atoms with Crippen LogP contribution in [0.1, 0.15) is 17.3 Å². The lowest BCUT2D eigenvalue weighted by Crippen LogP contribution is -2.36. The highest BCUT2D eigenvalue weighted by Crippen LogP contribution is 2.25. The number of carbonyl (C=O) groups is 1. The summed E-state index contributed by atoms with van der Waals surface area (Å²) in [5, 5.41) is 27.4. The molecule has 0 amide bonds. The van der Waals surface area contributed by atoms with Gasteiger partial charge in [-0.25, -0.2) is 0 Å². The zero-order valence-electron chi connectivity index (χ0n) is 9.92. The molecular weight excluding hydrogens is 222 g/mol. The van der Waals surface area contributed by atoms with E-state index in [0.29, 0.717) is 5.56 Å². The van der Waals surface area contributed by atoms with E-state index in [1.165, 1.54) is 18.2 Å². The van der Waals surface area contributed by atoms with Crippen molar-refractivity contribution >= 4 is 5.78 Å². The molecule has 0 saturated carbocycles. The number of rotatable bonds is 5. The van der Waals surface area contributed by atoms with E-state index in [2.05, 4.69) is 0 Å². The van der Waals surface area contributed by atoms with Crippen LogP contribution in [0.25, 0.3) is 0 Å². The zero-order valence-corrected chi connectivity index (χ0v) is 9.92. The van der Waals surface area contributed by atoms with Gasteiger partial charge in [-0.1, -0.05) is 0 Å². The number of phenolic OH excluding ortho intramolecular Hbond substituents is 2. The van der Waals surface area contributed by atoms with Crippen molar-refractivity contribution in [1.29, 1.82) is 0 Å². The van der Waals surface area contributed by atoms with E-state index in [9.17, 15) is 9.90 Å². The van der Waals surface area contributed by atoms with Gasteiger partial charge in [-0.2, -0.15) is 0 Å². The molecule has 0 radical (unpaired) electrons. The smallest absolute Gasteiger partial charge is 0.176 e. The minimum absolute atomic E-state index is 0.0232. The second-order valence-corrected chi connectivity index (χ2v) is 4.07. The maximum absolute atomic E-state index is 11.8. The monoisotopic (exact) mass is 239 g/mol. The first-order chi connectivity index (χ1) is 7.95. The topological polar surface area (TPSA) is 81.0 Å². The number of hydrogen-bond acceptors (Lipinski definition) is 5. The van der Waals surface area contributed by atoms with E-state index in [4.69, 9.17) is 10.2 Å². The molecular formula is C12H17NO4. The Labute approximate surface area is 99.9 Å². The molecule has 0 aliphatic carbocycles. The summed E-state index contributed by atoms with van der Waals surface area (Å²) in [5.74, 6) is -0.740. The second-order valence-electron chi connectivity index (χ2n) is 4.07. The number of nitrogens with zero attached hydrogens (tertiary/aromatic N) is 1. The molecule has 0 heterocycles. The predicted molar refractivity (Wildman–Crippen MR) is 63.3 cm³/mol. The molecule has 1 unspecified atom stereocenters. The molecule has 1 atom stereocenters. The van der Waals surface area contributed by atoms with Gasteiger partial charge < -0.3 is 15.3 Å². The lowest BCUT2D eigenvalue weighted by Gasteiger charge is -2.21. The molecule has 5 heteroatoms. The molecule has 1 aromatic carbocycles. The Kier molecular flexibility index (Phi) is 4.48. The number of carbonyl (C=O) groups excluding carboxylic acids is 1. The van der Waals surface area contributed by atoms with Gasteiger partial charge in [0.1, 0.15) is 0 Å². The summed E-state index contributed by atoms with van der Waals surface area (Å²) in [6.07, 6.45) is 0. The average molecular weight is 239 g/mol. The Morgan fingerprint density at radius 3 is 2.53 bits per heavy atom. The number of hydrogen-bond donors (Lipinski definition) is 3. The molecule has 0 spiro atoms. The van der Waals surface area contributed by atoms with Gasteiger partial charge >= 0.3 is 0 Å². The van der Waals surface area contributed by atoms with E-state index >= 15 is 0 Å². The molecule has 0 aliphatic heterocycles. The number of aromatic hydroxyl groups is 2. The summed E-state index contributed by atoms with van der Waals surface area (Å²) in [6.45, 7) is 1.93. The van der Waals surface area contributed by atoms with Gasteiger partial charge in [-0.3, -0.25) is 9.69 Å². The highest BCUT2D eigenvalue weighted by molar-refractivity contribution is 5.98. The summed E-state index contributed by atoms with van der Waals surface area (Å²) >= 11 is 0. The second kappa shape index (κ2) is 5.65. The number of likely N-dealkylation sites (N-methyl/N-ethyl adjacent to an activating group) is 1. The van der Waals surface area contributed by atoms with Gasteiger partial charge in [0.05, 0.1) is 13.2 Å². The molecule has 3 N–H and O–H groups in total. The molecule has 1 rings (SSSR count). The Morgan fingerprint density at radius 2 is 2.00 bits per heavy atom. The summed E-state index contributed by atoms with van der Waals surface area (Å²) in [6, 6.07) is 3.85. The van der Waals surface area contributed by atoms with Crippen LogP contribution in [0.4, 0.5) is 0 Å². The van der Waals surface area contributed by atoms with E-state index in [-0.39, 0.29) is 36.5 Å². The summed E-state index contributed by atoms with van der Waals surface area (Å²) in [5.41, 5.74) is 0.331. The maximum atomic E-state index is 11.8. The molecule has 0 fully saturated rings. The van der Waals surface area contributed by atoms with Crippen LogP contribution in [0.2, 0.25) is 0 Å². The van der Waals surface area contributed by atoms with Gasteiger partial charge in [-0.15, -0.1) is 0 Å². The largest absolute Gasteiger partial charge is 0.504 e. The molecule has 0 bridgehead atoms. The number of phenols is 2. The van der Waals surface area contributed by atoms with Crippen molar-refractivity contribution < 1.29 is 20.1 Å². The van der Waals surface area contributed by atoms with Gasteiger partial charge in [-0.05, 0) is 32.2 Å². The Morgan fingerprint density at radius 1 is 1.35 bits per heavy atom. The van der Waals surface area contributed by atoms with Crippen LogP contribution >= 0.6 is 0 Å². The van der Waals surface area contributed by atoms with Crippen molar-refractivity contribution in [1.82, 2.24) is 4.90 Å². The van der Waals surface area contributed by atoms with Crippen LogP contribution in [-0.4, -0.2) is 52.2 Å². The SMILES string of the molecule is CC(CO)N(C)CC(=O)c1ccc(O)c(O)c1. The number of ketones is 1. The Bertz CT molecular complexity index is 405. The quantitative estimate of drug-likeness (QED) is 0.517. The lowest BCUT2D eigenvalue weighted by atomic mass is 10.1. The molecule has 0 aromatic heterocycles. The van der Waals surface area contributed by atoms with E-state index in [1.807, 2.05) is 6.92 Å². The zero-order chi connectivity index (χ0) is 13.0. The van der Waals surface area contributed by atoms with Gasteiger partial charge in [0, 0.05) is 11.6 Å². The van der Waals surface area contributed by atoms with Crippen molar-refractivity contribution in [3.8, 4) is 11.5 Å². The normalized spacial score (nSPS) is 12.7. The minimum Gasteiger partial charge on any atom is -0.504 e. The van der Waals surface area contributed by atoms with Gasteiger partial charge in [0.15, 0.2) is 17.3 Å². The molecule has 0 saturated heterocycles. The first-order valence-corrected chi connectivity index (χ1v) is 5.32. The first kappa shape index (κ1) is 13.5. The lowest BCUT2D eigenvalue weighted by molar-refractivity contribution is 0.0890. The minimum atomic E-state index is -0.311. The number of aliphatic hydroxyl groups excluding tert-OH is 1. The standard InChI is InChI=1S/C12H17NO4/c1-8(7-14)13(2)6-12(17)9-3-4-10(15)11(16)5-9/h3-5,8,14-16H,6-7H2,1-2H3. The van der Waals surface area contributed by atoms with E-state index in [0.717, 1.165) is 0 Å². The van der Waals surface area contributed by atoms with Crippen molar-refractivity contribution in [2.45, 2.75) is 13.0 Å². The molecule has 17 heavy (non-hydrogen) atoms. The molecule has 1 aromatic rings. The van der Waals surface area contributed by atoms with Crippen LogP contribution in [-0.2, 0) is 0 Å². The average Bonchev–Trinajstić information content (AvgIpc) is 2.31. The molecule has 0 aliphatic rings. The van der Waals surface area contributed by atoms with Crippen molar-refractivity contribution in [2.24, 2.45) is 0 Å². The highest BCUT2D eigenvalue weighted by Gasteiger charge is 2.14. The van der Waals surface area contributed by atoms with E-state index < -0.39 is 0 Å². The fraction of sp³-hybridized carbons (Fsp3) is 0.417. The maximum Gasteiger partial charge on any atom is 0.176 e. The van der Waals surface area contributed by atoms with Crippen molar-refractivity contribution in [2.75, 3.05) is 20.2 Å². The third-order valence-electron chi connectivity index (χ3n) is 2.71. The third-order valence-corrected chi connectivity index (χ3v) is 2.71. The fourth-order valence-corrected chi connectivity index (χ4v) is 1.31. The molecule has 5 nitrogen and oxygen atoms in total. The highest BCUT2D eigenvalue weighted by atomic mass is 16.3. The Balaban J connectivity index is 2.73.